The first-order valence-electron chi connectivity index (χ1n) is 10.3. The van der Waals surface area contributed by atoms with E-state index in [9.17, 15) is 24.6 Å². The number of hydrogen-bond donors (Lipinski definition) is 4. The standard InChI is InChI=1S/C21H29N5O5/c1-12(2)10-25-18-13(5-8-15(27)22-11-21(3,4)31)9-23-26(18)20(30)16(19(25)29)17(28)24-14-6-7-14/h5,8-9,12,14,29,31H,6-7,10-11H2,1-4H3,(H,22,27)(H,24,28). The normalized spacial score (nSPS) is 14.5. The van der Waals surface area contributed by atoms with Crippen molar-refractivity contribution in [1.29, 1.82) is 0 Å². The molecule has 0 unspecified atom stereocenters. The SMILES string of the molecule is CC(C)Cn1c(O)c(C(=O)NC2CC2)c(=O)n2ncc(C=CC(=O)NCC(C)(C)O)c12. The summed E-state index contributed by atoms with van der Waals surface area (Å²) in [4.78, 5) is 37.6. The van der Waals surface area contributed by atoms with Crippen LogP contribution in [0.4, 0.5) is 0 Å². The number of aromatic nitrogens is 3. The third-order valence-corrected chi connectivity index (χ3v) is 4.71. The molecule has 10 nitrogen and oxygen atoms in total. The second-order valence-corrected chi connectivity index (χ2v) is 8.95. The van der Waals surface area contributed by atoms with Gasteiger partial charge in [0.25, 0.3) is 11.5 Å². The molecule has 0 saturated heterocycles. The number of aliphatic hydroxyl groups is 1. The summed E-state index contributed by atoms with van der Waals surface area (Å²) in [6, 6.07) is 0.0269. The summed E-state index contributed by atoms with van der Waals surface area (Å²) in [5.74, 6) is -1.38. The molecule has 0 atom stereocenters. The van der Waals surface area contributed by atoms with Gasteiger partial charge in [-0.1, -0.05) is 13.8 Å². The van der Waals surface area contributed by atoms with E-state index in [0.29, 0.717) is 12.1 Å². The summed E-state index contributed by atoms with van der Waals surface area (Å²) < 4.78 is 2.54. The van der Waals surface area contributed by atoms with Gasteiger partial charge in [0.1, 0.15) is 5.65 Å². The summed E-state index contributed by atoms with van der Waals surface area (Å²) in [5, 5.41) is 30.0. The van der Waals surface area contributed by atoms with Crippen LogP contribution in [-0.4, -0.2) is 54.4 Å². The minimum atomic E-state index is -1.05. The van der Waals surface area contributed by atoms with Gasteiger partial charge >= 0.3 is 0 Å². The van der Waals surface area contributed by atoms with Crippen LogP contribution in [0.2, 0.25) is 0 Å². The van der Waals surface area contributed by atoms with Crippen molar-refractivity contribution in [3.8, 4) is 5.88 Å². The molecule has 2 aromatic rings. The lowest BCUT2D eigenvalue weighted by Gasteiger charge is -2.17. The fourth-order valence-electron chi connectivity index (χ4n) is 3.08. The highest BCUT2D eigenvalue weighted by Crippen LogP contribution is 2.24. The molecular formula is C21H29N5O5. The van der Waals surface area contributed by atoms with Gasteiger partial charge in [-0.3, -0.25) is 19.0 Å². The largest absolute Gasteiger partial charge is 0.494 e. The third kappa shape index (κ3) is 5.32. The van der Waals surface area contributed by atoms with E-state index in [1.54, 1.807) is 13.8 Å². The molecule has 2 aromatic heterocycles. The molecule has 1 aliphatic carbocycles. The number of rotatable bonds is 8. The Kier molecular flexibility index (Phi) is 6.21. The summed E-state index contributed by atoms with van der Waals surface area (Å²) in [5.41, 5.74) is -1.40. The van der Waals surface area contributed by atoms with Gasteiger partial charge in [0.05, 0.1) is 11.8 Å². The quantitative estimate of drug-likeness (QED) is 0.453. The predicted molar refractivity (Wildman–Crippen MR) is 115 cm³/mol. The Balaban J connectivity index is 2.02. The Morgan fingerprint density at radius 1 is 1.35 bits per heavy atom. The van der Waals surface area contributed by atoms with E-state index in [-0.39, 0.29) is 29.7 Å². The van der Waals surface area contributed by atoms with Crippen LogP contribution in [0.1, 0.15) is 56.5 Å². The molecule has 2 amide bonds. The van der Waals surface area contributed by atoms with Crippen LogP contribution < -0.4 is 16.2 Å². The highest BCUT2D eigenvalue weighted by atomic mass is 16.3. The van der Waals surface area contributed by atoms with E-state index in [1.807, 2.05) is 13.8 Å². The first kappa shape index (κ1) is 22.5. The zero-order valence-electron chi connectivity index (χ0n) is 18.2. The Bertz CT molecular complexity index is 1090. The fraction of sp³-hybridized carbons (Fsp3) is 0.524. The zero-order valence-corrected chi connectivity index (χ0v) is 18.2. The number of fused-ring (bicyclic) bond motifs is 1. The van der Waals surface area contributed by atoms with Gasteiger partial charge in [0.2, 0.25) is 11.8 Å². The number of carbonyl (C=O) groups excluding carboxylic acids is 2. The topological polar surface area (TPSA) is 138 Å². The van der Waals surface area contributed by atoms with E-state index in [0.717, 1.165) is 17.4 Å². The Hall–Kier alpha value is -3.14. The maximum Gasteiger partial charge on any atom is 0.291 e. The molecule has 10 heteroatoms. The van der Waals surface area contributed by atoms with Crippen molar-refractivity contribution in [1.82, 2.24) is 24.8 Å². The van der Waals surface area contributed by atoms with E-state index < -0.39 is 28.9 Å². The molecule has 0 aromatic carbocycles. The van der Waals surface area contributed by atoms with Crippen molar-refractivity contribution in [2.45, 2.75) is 58.7 Å². The van der Waals surface area contributed by atoms with E-state index in [1.165, 1.54) is 22.9 Å². The number of hydrogen-bond acceptors (Lipinski definition) is 6. The number of nitrogens with one attached hydrogen (secondary N) is 2. The van der Waals surface area contributed by atoms with E-state index in [2.05, 4.69) is 15.7 Å². The lowest BCUT2D eigenvalue weighted by atomic mass is 10.1. The Morgan fingerprint density at radius 2 is 2.03 bits per heavy atom. The second-order valence-electron chi connectivity index (χ2n) is 8.95. The molecule has 0 bridgehead atoms. The molecule has 4 N–H and O–H groups in total. The van der Waals surface area contributed by atoms with Crippen LogP contribution in [0.3, 0.4) is 0 Å². The highest BCUT2D eigenvalue weighted by molar-refractivity contribution is 5.97. The van der Waals surface area contributed by atoms with Crippen LogP contribution in [0.25, 0.3) is 11.7 Å². The number of aromatic hydroxyl groups is 1. The van der Waals surface area contributed by atoms with Crippen LogP contribution in [0, 0.1) is 5.92 Å². The van der Waals surface area contributed by atoms with E-state index >= 15 is 0 Å². The lowest BCUT2D eigenvalue weighted by molar-refractivity contribution is -0.117. The molecule has 0 spiro atoms. The van der Waals surface area contributed by atoms with Crippen molar-refractivity contribution < 1.29 is 19.8 Å². The summed E-state index contributed by atoms with van der Waals surface area (Å²) in [6.45, 7) is 7.43. The van der Waals surface area contributed by atoms with Crippen molar-refractivity contribution in [2.75, 3.05) is 6.54 Å². The maximum atomic E-state index is 12.9. The molecule has 0 aliphatic heterocycles. The molecule has 1 saturated carbocycles. The van der Waals surface area contributed by atoms with E-state index in [4.69, 9.17) is 0 Å². The smallest absolute Gasteiger partial charge is 0.291 e. The van der Waals surface area contributed by atoms with Crippen molar-refractivity contribution in [3.05, 3.63) is 33.8 Å². The maximum absolute atomic E-state index is 12.9. The zero-order chi connectivity index (χ0) is 22.9. The number of carbonyl (C=O) groups is 2. The monoisotopic (exact) mass is 431 g/mol. The minimum absolute atomic E-state index is 0.0269. The van der Waals surface area contributed by atoms with Gasteiger partial charge < -0.3 is 20.8 Å². The average Bonchev–Trinajstić information content (AvgIpc) is 3.36. The van der Waals surface area contributed by atoms with Gasteiger partial charge in [-0.15, -0.1) is 0 Å². The van der Waals surface area contributed by atoms with Crippen LogP contribution in [-0.2, 0) is 11.3 Å². The molecular weight excluding hydrogens is 402 g/mol. The molecule has 1 fully saturated rings. The molecule has 168 valence electrons. The average molecular weight is 431 g/mol. The molecule has 3 rings (SSSR count). The van der Waals surface area contributed by atoms with Gasteiger partial charge in [0, 0.05) is 30.8 Å². The lowest BCUT2D eigenvalue weighted by Crippen LogP contribution is -2.37. The summed E-state index contributed by atoms with van der Waals surface area (Å²) in [6.07, 6.45) is 5.83. The van der Waals surface area contributed by atoms with Crippen molar-refractivity contribution >= 4 is 23.5 Å². The molecule has 2 heterocycles. The molecule has 1 aliphatic rings. The van der Waals surface area contributed by atoms with Gasteiger partial charge in [-0.2, -0.15) is 9.61 Å². The van der Waals surface area contributed by atoms with Gasteiger partial charge in [-0.05, 0) is 38.7 Å². The third-order valence-electron chi connectivity index (χ3n) is 4.71. The van der Waals surface area contributed by atoms with Gasteiger partial charge in [-0.25, -0.2) is 0 Å². The molecule has 0 radical (unpaired) electrons. The first-order valence-corrected chi connectivity index (χ1v) is 10.3. The second kappa shape index (κ2) is 8.54. The Labute approximate surface area is 179 Å². The number of amides is 2. The van der Waals surface area contributed by atoms with Crippen LogP contribution >= 0.6 is 0 Å². The van der Waals surface area contributed by atoms with Crippen LogP contribution in [0.5, 0.6) is 5.88 Å². The first-order chi connectivity index (χ1) is 14.5. The van der Waals surface area contributed by atoms with Crippen LogP contribution in [0.15, 0.2) is 17.1 Å². The van der Waals surface area contributed by atoms with Crippen molar-refractivity contribution in [3.63, 3.8) is 0 Å². The highest BCUT2D eigenvalue weighted by Gasteiger charge is 2.29. The Morgan fingerprint density at radius 3 is 2.61 bits per heavy atom. The van der Waals surface area contributed by atoms with Crippen molar-refractivity contribution in [2.24, 2.45) is 5.92 Å². The summed E-state index contributed by atoms with van der Waals surface area (Å²) >= 11 is 0. The predicted octanol–water partition coefficient (Wildman–Crippen LogP) is 0.650. The summed E-state index contributed by atoms with van der Waals surface area (Å²) in [7, 11) is 0. The fourth-order valence-corrected chi connectivity index (χ4v) is 3.08. The minimum Gasteiger partial charge on any atom is -0.494 e. The molecule has 31 heavy (non-hydrogen) atoms. The van der Waals surface area contributed by atoms with Gasteiger partial charge in [0.15, 0.2) is 5.56 Å². The number of nitrogens with zero attached hydrogens (tertiary/aromatic N) is 3.